The summed E-state index contributed by atoms with van der Waals surface area (Å²) < 4.78 is 12.3. The zero-order chi connectivity index (χ0) is 25.0. The largest absolute Gasteiger partial charge is 0.494 e. The Hall–Kier alpha value is -4.14. The van der Waals surface area contributed by atoms with Gasteiger partial charge in [0, 0.05) is 5.56 Å². The van der Waals surface area contributed by atoms with Crippen LogP contribution in [0.25, 0.3) is 10.5 Å². The highest BCUT2D eigenvalue weighted by atomic mass is 16.5. The fraction of sp³-hybridized carbons (Fsp3) is 0.308. The van der Waals surface area contributed by atoms with Gasteiger partial charge in [-0.1, -0.05) is 37.6 Å². The second-order valence-electron chi connectivity index (χ2n) is 7.99. The average molecular weight is 459 g/mol. The van der Waals surface area contributed by atoms with Crippen molar-refractivity contribution < 1.29 is 19.4 Å². The summed E-state index contributed by atoms with van der Waals surface area (Å²) in [6.07, 6.45) is -1.20. The Labute approximate surface area is 198 Å². The van der Waals surface area contributed by atoms with Crippen LogP contribution in [-0.2, 0) is 4.74 Å². The molecule has 1 heterocycles. The van der Waals surface area contributed by atoms with Gasteiger partial charge in [0.15, 0.2) is 11.4 Å². The lowest BCUT2D eigenvalue weighted by Gasteiger charge is -2.19. The third kappa shape index (κ3) is 4.50. The maximum absolute atomic E-state index is 13.0. The smallest absolute Gasteiger partial charge is 0.359 e. The molecule has 34 heavy (non-hydrogen) atoms. The molecule has 1 N–H and O–H groups in total. The van der Waals surface area contributed by atoms with Crippen molar-refractivity contribution in [1.82, 2.24) is 9.78 Å². The van der Waals surface area contributed by atoms with E-state index in [9.17, 15) is 15.2 Å². The Morgan fingerprint density at radius 2 is 2.03 bits per heavy atom. The summed E-state index contributed by atoms with van der Waals surface area (Å²) in [5.74, 6) is -0.376. The summed E-state index contributed by atoms with van der Waals surface area (Å²) in [5.41, 5.74) is 3.46. The first-order chi connectivity index (χ1) is 16.3. The molecule has 2 aromatic carbocycles. The molecular weight excluding hydrogens is 432 g/mol. The van der Waals surface area contributed by atoms with Gasteiger partial charge in [-0.3, -0.25) is 0 Å². The number of rotatable bonds is 7. The van der Waals surface area contributed by atoms with Crippen molar-refractivity contribution in [2.24, 2.45) is 0 Å². The van der Waals surface area contributed by atoms with Crippen LogP contribution in [0.1, 0.15) is 71.2 Å². The second-order valence-corrected chi connectivity index (χ2v) is 7.99. The predicted molar refractivity (Wildman–Crippen MR) is 126 cm³/mol. The van der Waals surface area contributed by atoms with Crippen LogP contribution in [0.3, 0.4) is 0 Å². The Bertz CT molecular complexity index is 1310. The van der Waals surface area contributed by atoms with Gasteiger partial charge in [-0.05, 0) is 43.5 Å². The van der Waals surface area contributed by atoms with Crippen molar-refractivity contribution in [3.05, 3.63) is 81.5 Å². The fourth-order valence-electron chi connectivity index (χ4n) is 3.92. The summed E-state index contributed by atoms with van der Waals surface area (Å²) in [6, 6.07) is 12.0. The first-order valence-corrected chi connectivity index (χ1v) is 10.8. The molecule has 0 radical (unpaired) electrons. The third-order valence-corrected chi connectivity index (χ3v) is 5.46. The number of hydrogen-bond donors (Lipinski definition) is 1. The summed E-state index contributed by atoms with van der Waals surface area (Å²) in [4.78, 5) is 16.4. The molecule has 0 aliphatic rings. The quantitative estimate of drug-likeness (QED) is 0.395. The number of hydrogen-bond acceptors (Lipinski definition) is 6. The number of aliphatic hydroxyl groups is 1. The number of nitrogens with zero attached hydrogens (tertiary/aromatic N) is 4. The number of ether oxygens (including phenoxy) is 2. The van der Waals surface area contributed by atoms with E-state index in [1.54, 1.807) is 50.2 Å². The Balaban J connectivity index is 2.36. The zero-order valence-electron chi connectivity index (χ0n) is 19.8. The minimum Gasteiger partial charge on any atom is -0.494 e. The van der Waals surface area contributed by atoms with E-state index in [2.05, 4.69) is 16.0 Å². The van der Waals surface area contributed by atoms with Crippen LogP contribution in [-0.4, -0.2) is 34.6 Å². The lowest BCUT2D eigenvalue weighted by molar-refractivity contribution is 0.0513. The highest BCUT2D eigenvalue weighted by molar-refractivity contribution is 5.90. The molecule has 0 aliphatic carbocycles. The minimum atomic E-state index is -1.20. The predicted octanol–water partition coefficient (Wildman–Crippen LogP) is 4.99. The van der Waals surface area contributed by atoms with E-state index in [1.807, 2.05) is 13.8 Å². The van der Waals surface area contributed by atoms with Gasteiger partial charge in [0.25, 0.3) is 0 Å². The molecule has 1 atom stereocenters. The summed E-state index contributed by atoms with van der Waals surface area (Å²) in [6.45, 7) is 14.7. The normalized spacial score (nSPS) is 11.6. The first kappa shape index (κ1) is 24.5. The number of carbonyl (C=O) groups is 1. The highest BCUT2D eigenvalue weighted by Crippen LogP contribution is 2.38. The van der Waals surface area contributed by atoms with E-state index >= 15 is 0 Å². The molecular formula is C26H26N4O4. The monoisotopic (exact) mass is 458 g/mol. The molecule has 0 amide bonds. The molecule has 3 rings (SSSR count). The highest BCUT2D eigenvalue weighted by Gasteiger charge is 2.32. The van der Waals surface area contributed by atoms with Crippen LogP contribution >= 0.6 is 0 Å². The summed E-state index contributed by atoms with van der Waals surface area (Å²) in [5, 5.41) is 25.5. The number of aromatic nitrogens is 2. The number of benzene rings is 2. The van der Waals surface area contributed by atoms with Crippen molar-refractivity contribution in [2.45, 2.75) is 39.7 Å². The molecule has 0 aliphatic heterocycles. The maximum atomic E-state index is 13.0. The van der Waals surface area contributed by atoms with E-state index in [-0.39, 0.29) is 18.2 Å². The second kappa shape index (κ2) is 10.2. The topological polar surface area (TPSA) is 102 Å². The Morgan fingerprint density at radius 1 is 1.29 bits per heavy atom. The van der Waals surface area contributed by atoms with Crippen LogP contribution in [0.15, 0.2) is 36.4 Å². The van der Waals surface area contributed by atoms with Gasteiger partial charge in [-0.15, -0.1) is 0 Å². The van der Waals surface area contributed by atoms with Crippen molar-refractivity contribution >= 4 is 11.7 Å². The van der Waals surface area contributed by atoms with Gasteiger partial charge < -0.3 is 14.6 Å². The number of nitriles is 1. The van der Waals surface area contributed by atoms with Crippen molar-refractivity contribution in [1.29, 1.82) is 5.26 Å². The number of aryl methyl sites for hydroxylation is 1. The van der Waals surface area contributed by atoms with Gasteiger partial charge in [-0.25, -0.2) is 14.3 Å². The molecule has 1 aromatic heterocycles. The molecule has 174 valence electrons. The van der Waals surface area contributed by atoms with Gasteiger partial charge in [0.2, 0.25) is 0 Å². The molecule has 0 bridgehead atoms. The van der Waals surface area contributed by atoms with Crippen LogP contribution in [0.5, 0.6) is 5.75 Å². The van der Waals surface area contributed by atoms with E-state index in [0.29, 0.717) is 45.1 Å². The number of carbonyl (C=O) groups excluding carboxylic acids is 1. The summed E-state index contributed by atoms with van der Waals surface area (Å²) in [7, 11) is 1.51. The molecule has 0 saturated heterocycles. The third-order valence-electron chi connectivity index (χ3n) is 5.46. The van der Waals surface area contributed by atoms with E-state index in [1.165, 1.54) is 11.8 Å². The SMILES string of the molecule is [C-]#[N+]c1ccc(C(O)c2c(C(=O)OCC)nn(-c3cc(C#N)ccc3OC)c2C(C)C)c(C)c1. The Kier molecular flexibility index (Phi) is 7.35. The van der Waals surface area contributed by atoms with Crippen molar-refractivity contribution in [3.63, 3.8) is 0 Å². The standard InChI is InChI=1S/C26H26N4O4/c1-7-34-26(32)23-22(25(31)19-10-9-18(28-5)12-16(19)4)24(15(2)3)30(29-23)20-13-17(14-27)8-11-21(20)33-6/h8-13,15,25,31H,7H2,1-4,6H3. The minimum absolute atomic E-state index is 0.0175. The number of aliphatic hydroxyl groups excluding tert-OH is 1. The van der Waals surface area contributed by atoms with Crippen molar-refractivity contribution in [3.8, 4) is 17.5 Å². The lowest BCUT2D eigenvalue weighted by Crippen LogP contribution is -2.13. The first-order valence-electron chi connectivity index (χ1n) is 10.8. The van der Waals surface area contributed by atoms with Crippen LogP contribution in [0.4, 0.5) is 5.69 Å². The van der Waals surface area contributed by atoms with Crippen LogP contribution in [0, 0.1) is 24.8 Å². The molecule has 0 spiro atoms. The molecule has 8 heteroatoms. The summed E-state index contributed by atoms with van der Waals surface area (Å²) >= 11 is 0. The molecule has 8 nitrogen and oxygen atoms in total. The van der Waals surface area contributed by atoms with E-state index in [0.717, 1.165) is 0 Å². The van der Waals surface area contributed by atoms with Crippen LogP contribution < -0.4 is 4.74 Å². The molecule has 3 aromatic rings. The molecule has 0 saturated carbocycles. The number of esters is 1. The van der Waals surface area contributed by atoms with Crippen molar-refractivity contribution in [2.75, 3.05) is 13.7 Å². The number of methoxy groups -OCH3 is 1. The average Bonchev–Trinajstić information content (AvgIpc) is 3.24. The fourth-order valence-corrected chi connectivity index (χ4v) is 3.92. The van der Waals surface area contributed by atoms with Gasteiger partial charge in [0.1, 0.15) is 17.5 Å². The Morgan fingerprint density at radius 3 is 2.59 bits per heavy atom. The van der Waals surface area contributed by atoms with Gasteiger partial charge in [0.05, 0.1) is 37.6 Å². The van der Waals surface area contributed by atoms with Gasteiger partial charge in [-0.2, -0.15) is 10.4 Å². The molecule has 0 fully saturated rings. The lowest BCUT2D eigenvalue weighted by atomic mass is 9.92. The van der Waals surface area contributed by atoms with Crippen LogP contribution in [0.2, 0.25) is 0 Å². The van der Waals surface area contributed by atoms with E-state index < -0.39 is 12.1 Å². The maximum Gasteiger partial charge on any atom is 0.359 e. The molecule has 1 unspecified atom stereocenters. The van der Waals surface area contributed by atoms with E-state index in [4.69, 9.17) is 16.0 Å². The van der Waals surface area contributed by atoms with Gasteiger partial charge >= 0.3 is 5.97 Å². The zero-order valence-corrected chi connectivity index (χ0v) is 19.8.